The average Bonchev–Trinajstić information content (AvgIpc) is 2.75. The lowest BCUT2D eigenvalue weighted by atomic mass is 10.2. The van der Waals surface area contributed by atoms with E-state index in [9.17, 15) is 4.79 Å². The Morgan fingerprint density at radius 3 is 2.55 bits per heavy atom. The van der Waals surface area contributed by atoms with Gasteiger partial charge in [-0.25, -0.2) is 0 Å². The Morgan fingerprint density at radius 2 is 1.95 bits per heavy atom. The number of hydrogen-bond acceptors (Lipinski definition) is 5. The zero-order valence-electron chi connectivity index (χ0n) is 10.7. The van der Waals surface area contributed by atoms with E-state index >= 15 is 0 Å². The van der Waals surface area contributed by atoms with Crippen LogP contribution in [0.1, 0.15) is 9.67 Å². The molecule has 1 aromatic heterocycles. The number of fused-ring (bicyclic) bond motifs is 1. The number of aliphatic hydroxyl groups excluding tert-OH is 2. The molecule has 20 heavy (non-hydrogen) atoms. The molecule has 0 spiro atoms. The van der Waals surface area contributed by atoms with Crippen molar-refractivity contribution in [2.75, 3.05) is 32.0 Å². The van der Waals surface area contributed by atoms with Crippen molar-refractivity contribution in [3.05, 3.63) is 27.5 Å². The van der Waals surface area contributed by atoms with E-state index in [1.807, 2.05) is 18.2 Å². The fourth-order valence-corrected chi connectivity index (χ4v) is 3.38. The van der Waals surface area contributed by atoms with Gasteiger partial charge < -0.3 is 20.8 Å². The summed E-state index contributed by atoms with van der Waals surface area (Å²) >= 11 is 4.70. The van der Waals surface area contributed by atoms with Crippen LogP contribution in [-0.2, 0) is 0 Å². The molecule has 1 heterocycles. The van der Waals surface area contributed by atoms with Crippen LogP contribution >= 0.6 is 27.3 Å². The molecule has 1 amide bonds. The number of halogens is 1. The molecule has 0 atom stereocenters. The van der Waals surface area contributed by atoms with Crippen molar-refractivity contribution in [2.45, 2.75) is 0 Å². The fraction of sp³-hybridized carbons (Fsp3) is 0.308. The van der Waals surface area contributed by atoms with Crippen molar-refractivity contribution in [3.63, 3.8) is 0 Å². The van der Waals surface area contributed by atoms with Crippen LogP contribution in [0.5, 0.6) is 0 Å². The number of amides is 1. The van der Waals surface area contributed by atoms with Gasteiger partial charge in [0.1, 0.15) is 4.88 Å². The maximum atomic E-state index is 12.4. The van der Waals surface area contributed by atoms with E-state index < -0.39 is 0 Å². The molecule has 0 saturated carbocycles. The summed E-state index contributed by atoms with van der Waals surface area (Å²) in [5.41, 5.74) is 6.50. The maximum absolute atomic E-state index is 12.4. The standard InChI is InChI=1S/C13H15BrN2O3S/c14-8-1-2-10-9(7-8)11(15)12(20-10)13(19)16(3-5-17)4-6-18/h1-2,7,17-18H,3-6,15H2. The predicted molar refractivity (Wildman–Crippen MR) is 84.0 cm³/mol. The first-order chi connectivity index (χ1) is 9.58. The van der Waals surface area contributed by atoms with Crippen LogP contribution in [0.15, 0.2) is 22.7 Å². The van der Waals surface area contributed by atoms with Crippen LogP contribution in [0.25, 0.3) is 10.1 Å². The molecular weight excluding hydrogens is 344 g/mol. The third-order valence-electron chi connectivity index (χ3n) is 2.91. The summed E-state index contributed by atoms with van der Waals surface area (Å²) in [6.45, 7) is 0.0533. The summed E-state index contributed by atoms with van der Waals surface area (Å²) in [4.78, 5) is 14.3. The van der Waals surface area contributed by atoms with Gasteiger partial charge in [0.15, 0.2) is 0 Å². The monoisotopic (exact) mass is 358 g/mol. The molecule has 0 saturated heterocycles. The van der Waals surface area contributed by atoms with Crippen molar-refractivity contribution >= 4 is 48.9 Å². The second-order valence-corrected chi connectivity index (χ2v) is 6.19. The van der Waals surface area contributed by atoms with Gasteiger partial charge in [-0.3, -0.25) is 4.79 Å². The van der Waals surface area contributed by atoms with Gasteiger partial charge in [-0.1, -0.05) is 15.9 Å². The molecule has 0 aliphatic heterocycles. The number of nitrogen functional groups attached to an aromatic ring is 1. The van der Waals surface area contributed by atoms with E-state index in [2.05, 4.69) is 15.9 Å². The Labute approximate surface area is 128 Å². The Bertz CT molecular complexity index is 623. The molecule has 2 rings (SSSR count). The molecule has 1 aromatic carbocycles. The second kappa shape index (κ2) is 6.53. The number of thiophene rings is 1. The smallest absolute Gasteiger partial charge is 0.266 e. The van der Waals surface area contributed by atoms with Crippen LogP contribution in [0, 0.1) is 0 Å². The highest BCUT2D eigenvalue weighted by Crippen LogP contribution is 2.35. The first-order valence-corrected chi connectivity index (χ1v) is 7.68. The van der Waals surface area contributed by atoms with E-state index in [0.29, 0.717) is 10.6 Å². The average molecular weight is 359 g/mol. The predicted octanol–water partition coefficient (Wildman–Crippen LogP) is 1.67. The largest absolute Gasteiger partial charge is 0.397 e. The Kier molecular flexibility index (Phi) is 4.98. The third kappa shape index (κ3) is 2.95. The highest BCUT2D eigenvalue weighted by atomic mass is 79.9. The second-order valence-electron chi connectivity index (χ2n) is 4.22. The molecule has 0 aliphatic rings. The first kappa shape index (κ1) is 15.2. The summed E-state index contributed by atoms with van der Waals surface area (Å²) in [5.74, 6) is -0.261. The molecule has 0 aliphatic carbocycles. The lowest BCUT2D eigenvalue weighted by Crippen LogP contribution is -2.35. The van der Waals surface area contributed by atoms with Gasteiger partial charge in [0.25, 0.3) is 5.91 Å². The minimum Gasteiger partial charge on any atom is -0.397 e. The quantitative estimate of drug-likeness (QED) is 0.758. The van der Waals surface area contributed by atoms with Crippen molar-refractivity contribution < 1.29 is 15.0 Å². The van der Waals surface area contributed by atoms with E-state index in [1.54, 1.807) is 0 Å². The Morgan fingerprint density at radius 1 is 1.30 bits per heavy atom. The van der Waals surface area contributed by atoms with Crippen LogP contribution in [-0.4, -0.2) is 47.3 Å². The Balaban J connectivity index is 2.40. The van der Waals surface area contributed by atoms with Crippen molar-refractivity contribution in [3.8, 4) is 0 Å². The van der Waals surface area contributed by atoms with E-state index in [1.165, 1.54) is 16.2 Å². The summed E-state index contributed by atoms with van der Waals surface area (Å²) in [7, 11) is 0. The molecule has 7 heteroatoms. The summed E-state index contributed by atoms with van der Waals surface area (Å²) in [6.07, 6.45) is 0. The van der Waals surface area contributed by atoms with Crippen molar-refractivity contribution in [1.82, 2.24) is 4.90 Å². The van der Waals surface area contributed by atoms with Gasteiger partial charge in [-0.2, -0.15) is 0 Å². The molecule has 108 valence electrons. The van der Waals surface area contributed by atoms with Crippen LogP contribution in [0.2, 0.25) is 0 Å². The molecule has 5 nitrogen and oxygen atoms in total. The van der Waals surface area contributed by atoms with Gasteiger partial charge >= 0.3 is 0 Å². The topological polar surface area (TPSA) is 86.8 Å². The van der Waals surface area contributed by atoms with Gasteiger partial charge in [-0.15, -0.1) is 11.3 Å². The molecule has 4 N–H and O–H groups in total. The Hall–Kier alpha value is -1.15. The van der Waals surface area contributed by atoms with Crippen molar-refractivity contribution in [2.24, 2.45) is 0 Å². The van der Waals surface area contributed by atoms with Gasteiger partial charge in [0.05, 0.1) is 18.9 Å². The third-order valence-corrected chi connectivity index (χ3v) is 4.58. The minimum absolute atomic E-state index is 0.151. The number of anilines is 1. The molecule has 0 radical (unpaired) electrons. The number of benzene rings is 1. The highest BCUT2D eigenvalue weighted by molar-refractivity contribution is 9.10. The zero-order chi connectivity index (χ0) is 14.7. The number of carbonyl (C=O) groups is 1. The molecular formula is C13H15BrN2O3S. The van der Waals surface area contributed by atoms with Crippen LogP contribution < -0.4 is 5.73 Å². The summed E-state index contributed by atoms with van der Waals surface area (Å²) in [5, 5.41) is 18.8. The van der Waals surface area contributed by atoms with Gasteiger partial charge in [0, 0.05) is 27.6 Å². The number of carbonyl (C=O) groups excluding carboxylic acids is 1. The number of aliphatic hydroxyl groups is 2. The molecule has 2 aromatic rings. The molecule has 0 fully saturated rings. The van der Waals surface area contributed by atoms with E-state index in [-0.39, 0.29) is 32.2 Å². The highest BCUT2D eigenvalue weighted by Gasteiger charge is 2.21. The van der Waals surface area contributed by atoms with Gasteiger partial charge in [0.2, 0.25) is 0 Å². The molecule has 0 bridgehead atoms. The first-order valence-electron chi connectivity index (χ1n) is 6.07. The number of rotatable bonds is 5. The SMILES string of the molecule is Nc1c(C(=O)N(CCO)CCO)sc2ccc(Br)cc12. The number of hydrogen-bond donors (Lipinski definition) is 3. The van der Waals surface area contributed by atoms with E-state index in [0.717, 1.165) is 14.6 Å². The van der Waals surface area contributed by atoms with E-state index in [4.69, 9.17) is 15.9 Å². The minimum atomic E-state index is -0.261. The maximum Gasteiger partial charge on any atom is 0.266 e. The van der Waals surface area contributed by atoms with Crippen molar-refractivity contribution in [1.29, 1.82) is 0 Å². The van der Waals surface area contributed by atoms with Gasteiger partial charge in [-0.05, 0) is 18.2 Å². The van der Waals surface area contributed by atoms with Crippen LogP contribution in [0.3, 0.4) is 0 Å². The molecule has 0 unspecified atom stereocenters. The lowest BCUT2D eigenvalue weighted by molar-refractivity contribution is 0.0690. The lowest BCUT2D eigenvalue weighted by Gasteiger charge is -2.20. The normalized spacial score (nSPS) is 10.9. The van der Waals surface area contributed by atoms with Crippen LogP contribution in [0.4, 0.5) is 5.69 Å². The fourth-order valence-electron chi connectivity index (χ4n) is 1.95. The number of nitrogens with zero attached hydrogens (tertiary/aromatic N) is 1. The summed E-state index contributed by atoms with van der Waals surface area (Å²) < 4.78 is 1.83. The summed E-state index contributed by atoms with van der Waals surface area (Å²) in [6, 6.07) is 5.67. The zero-order valence-corrected chi connectivity index (χ0v) is 13.1. The number of nitrogens with two attached hydrogens (primary N) is 1.